The molecule has 0 fully saturated rings. The molecular formula is C12H13N3. The summed E-state index contributed by atoms with van der Waals surface area (Å²) in [4.78, 5) is 0. The summed E-state index contributed by atoms with van der Waals surface area (Å²) in [5.74, 6) is 0. The number of nitrogens with zero attached hydrogens (tertiary/aromatic N) is 2. The molecule has 1 rings (SSSR count). The predicted molar refractivity (Wildman–Crippen MR) is 59.1 cm³/mol. The van der Waals surface area contributed by atoms with Crippen LogP contribution in [0.4, 0.5) is 5.69 Å². The monoisotopic (exact) mass is 199 g/mol. The van der Waals surface area contributed by atoms with Gasteiger partial charge in [-0.3, -0.25) is 0 Å². The highest BCUT2D eigenvalue weighted by Gasteiger charge is 1.94. The van der Waals surface area contributed by atoms with Crippen LogP contribution >= 0.6 is 0 Å². The summed E-state index contributed by atoms with van der Waals surface area (Å²) in [5, 5.41) is 19.9. The summed E-state index contributed by atoms with van der Waals surface area (Å²) >= 11 is 0. The molecule has 3 nitrogen and oxygen atoms in total. The van der Waals surface area contributed by atoms with Gasteiger partial charge in [0, 0.05) is 18.7 Å². The Balaban J connectivity index is 2.43. The Kier molecular flexibility index (Phi) is 4.77. The minimum Gasteiger partial charge on any atom is -0.384 e. The van der Waals surface area contributed by atoms with Gasteiger partial charge in [0.2, 0.25) is 0 Å². The molecule has 0 aliphatic rings. The highest BCUT2D eigenvalue weighted by Crippen LogP contribution is 2.10. The van der Waals surface area contributed by atoms with Crippen LogP contribution in [0.3, 0.4) is 0 Å². The highest BCUT2D eigenvalue weighted by atomic mass is 14.9. The SMILES string of the molecule is N#CCCNc1ccc(CCC#N)cc1. The van der Waals surface area contributed by atoms with Crippen LogP contribution in [0.1, 0.15) is 18.4 Å². The maximum Gasteiger partial charge on any atom is 0.0640 e. The van der Waals surface area contributed by atoms with Crippen LogP contribution in [-0.4, -0.2) is 6.54 Å². The zero-order chi connectivity index (χ0) is 10.9. The molecule has 0 radical (unpaired) electrons. The van der Waals surface area contributed by atoms with E-state index in [1.807, 2.05) is 24.3 Å². The van der Waals surface area contributed by atoms with E-state index in [0.29, 0.717) is 19.4 Å². The summed E-state index contributed by atoms with van der Waals surface area (Å²) in [7, 11) is 0. The van der Waals surface area contributed by atoms with E-state index in [-0.39, 0.29) is 0 Å². The fraction of sp³-hybridized carbons (Fsp3) is 0.333. The second-order valence-corrected chi connectivity index (χ2v) is 3.19. The van der Waals surface area contributed by atoms with E-state index >= 15 is 0 Å². The standard InChI is InChI=1S/C12H13N3/c13-8-1-3-11-4-6-12(7-5-11)15-10-2-9-14/h4-7,15H,1-3,10H2. The van der Waals surface area contributed by atoms with Gasteiger partial charge in [0.1, 0.15) is 0 Å². The molecule has 0 saturated carbocycles. The average Bonchev–Trinajstić information content (AvgIpc) is 2.28. The van der Waals surface area contributed by atoms with Crippen molar-refractivity contribution >= 4 is 5.69 Å². The molecule has 76 valence electrons. The minimum absolute atomic E-state index is 0.510. The average molecular weight is 199 g/mol. The van der Waals surface area contributed by atoms with Gasteiger partial charge in [0.15, 0.2) is 0 Å². The van der Waals surface area contributed by atoms with Crippen LogP contribution in [0.15, 0.2) is 24.3 Å². The van der Waals surface area contributed by atoms with Gasteiger partial charge < -0.3 is 5.32 Å². The summed E-state index contributed by atoms with van der Waals surface area (Å²) in [6, 6.07) is 12.2. The first-order valence-corrected chi connectivity index (χ1v) is 4.93. The third kappa shape index (κ3) is 4.15. The number of rotatable bonds is 5. The number of aryl methyl sites for hydroxylation is 1. The van der Waals surface area contributed by atoms with Crippen LogP contribution in [0.2, 0.25) is 0 Å². The van der Waals surface area contributed by atoms with Gasteiger partial charge in [-0.25, -0.2) is 0 Å². The molecule has 1 aromatic carbocycles. The first kappa shape index (κ1) is 11.1. The van der Waals surface area contributed by atoms with Gasteiger partial charge >= 0.3 is 0 Å². The largest absolute Gasteiger partial charge is 0.384 e. The molecule has 1 aromatic rings. The Morgan fingerprint density at radius 1 is 1.00 bits per heavy atom. The van der Waals surface area contributed by atoms with Crippen molar-refractivity contribution in [1.29, 1.82) is 10.5 Å². The summed E-state index contributed by atoms with van der Waals surface area (Å²) in [5.41, 5.74) is 2.19. The van der Waals surface area contributed by atoms with Gasteiger partial charge in [0.25, 0.3) is 0 Å². The van der Waals surface area contributed by atoms with Gasteiger partial charge in [-0.2, -0.15) is 10.5 Å². The quantitative estimate of drug-likeness (QED) is 0.741. The highest BCUT2D eigenvalue weighted by molar-refractivity contribution is 5.44. The fourth-order valence-corrected chi connectivity index (χ4v) is 1.25. The topological polar surface area (TPSA) is 59.6 Å². The lowest BCUT2D eigenvalue weighted by molar-refractivity contribution is 1.01. The molecule has 0 bridgehead atoms. The van der Waals surface area contributed by atoms with Crippen molar-refractivity contribution in [2.75, 3.05) is 11.9 Å². The van der Waals surface area contributed by atoms with E-state index in [1.165, 1.54) is 5.56 Å². The van der Waals surface area contributed by atoms with Crippen LogP contribution < -0.4 is 5.32 Å². The Bertz CT molecular complexity index is 367. The van der Waals surface area contributed by atoms with Crippen LogP contribution in [0.5, 0.6) is 0 Å². The molecular weight excluding hydrogens is 186 g/mol. The van der Waals surface area contributed by atoms with Crippen LogP contribution in [-0.2, 0) is 6.42 Å². The van der Waals surface area contributed by atoms with Crippen molar-refractivity contribution in [1.82, 2.24) is 0 Å². The zero-order valence-corrected chi connectivity index (χ0v) is 8.53. The van der Waals surface area contributed by atoms with Crippen molar-refractivity contribution in [3.8, 4) is 12.1 Å². The van der Waals surface area contributed by atoms with E-state index in [9.17, 15) is 0 Å². The smallest absolute Gasteiger partial charge is 0.0640 e. The lowest BCUT2D eigenvalue weighted by Crippen LogP contribution is -1.99. The Labute approximate surface area is 90.0 Å². The lowest BCUT2D eigenvalue weighted by Gasteiger charge is -2.04. The molecule has 3 heteroatoms. The van der Waals surface area contributed by atoms with Gasteiger partial charge in [-0.1, -0.05) is 12.1 Å². The molecule has 0 saturated heterocycles. The second kappa shape index (κ2) is 6.45. The minimum atomic E-state index is 0.510. The van der Waals surface area contributed by atoms with Crippen molar-refractivity contribution in [2.45, 2.75) is 19.3 Å². The zero-order valence-electron chi connectivity index (χ0n) is 8.53. The Morgan fingerprint density at radius 2 is 1.67 bits per heavy atom. The van der Waals surface area contributed by atoms with Gasteiger partial charge in [-0.05, 0) is 24.1 Å². The van der Waals surface area contributed by atoms with E-state index < -0.39 is 0 Å². The number of hydrogen-bond donors (Lipinski definition) is 1. The first-order valence-electron chi connectivity index (χ1n) is 4.93. The maximum absolute atomic E-state index is 8.43. The molecule has 0 aliphatic carbocycles. The van der Waals surface area contributed by atoms with E-state index in [4.69, 9.17) is 10.5 Å². The molecule has 15 heavy (non-hydrogen) atoms. The summed E-state index contributed by atoms with van der Waals surface area (Å²) in [6.45, 7) is 0.675. The van der Waals surface area contributed by atoms with Crippen molar-refractivity contribution < 1.29 is 0 Å². The van der Waals surface area contributed by atoms with Crippen LogP contribution in [0, 0.1) is 22.7 Å². The maximum atomic E-state index is 8.43. The second-order valence-electron chi connectivity index (χ2n) is 3.19. The fourth-order valence-electron chi connectivity index (χ4n) is 1.25. The van der Waals surface area contributed by atoms with Gasteiger partial charge in [-0.15, -0.1) is 0 Å². The molecule has 0 aromatic heterocycles. The van der Waals surface area contributed by atoms with Crippen molar-refractivity contribution in [3.63, 3.8) is 0 Å². The molecule has 0 aliphatic heterocycles. The number of benzene rings is 1. The summed E-state index contributed by atoms with van der Waals surface area (Å²) < 4.78 is 0. The van der Waals surface area contributed by atoms with Crippen molar-refractivity contribution in [3.05, 3.63) is 29.8 Å². The predicted octanol–water partition coefficient (Wildman–Crippen LogP) is 2.47. The molecule has 0 atom stereocenters. The molecule has 0 spiro atoms. The number of anilines is 1. The number of nitrogens with one attached hydrogen (secondary N) is 1. The van der Waals surface area contributed by atoms with E-state index in [2.05, 4.69) is 17.5 Å². The molecule has 0 unspecified atom stereocenters. The summed E-state index contributed by atoms with van der Waals surface area (Å²) in [6.07, 6.45) is 1.87. The Morgan fingerprint density at radius 3 is 2.27 bits per heavy atom. The van der Waals surface area contributed by atoms with Gasteiger partial charge in [0.05, 0.1) is 18.6 Å². The molecule has 0 heterocycles. The molecule has 0 amide bonds. The third-order valence-corrected chi connectivity index (χ3v) is 2.05. The van der Waals surface area contributed by atoms with E-state index in [0.717, 1.165) is 12.1 Å². The van der Waals surface area contributed by atoms with Crippen LogP contribution in [0.25, 0.3) is 0 Å². The Hall–Kier alpha value is -2.00. The third-order valence-electron chi connectivity index (χ3n) is 2.05. The normalized spacial score (nSPS) is 8.93. The number of nitriles is 2. The molecule has 1 N–H and O–H groups in total. The van der Waals surface area contributed by atoms with Crippen molar-refractivity contribution in [2.24, 2.45) is 0 Å². The number of hydrogen-bond acceptors (Lipinski definition) is 3. The first-order chi connectivity index (χ1) is 7.36. The van der Waals surface area contributed by atoms with E-state index in [1.54, 1.807) is 0 Å². The lowest BCUT2D eigenvalue weighted by atomic mass is 10.1.